The second-order valence-electron chi connectivity index (χ2n) is 9.18. The van der Waals surface area contributed by atoms with Crippen molar-refractivity contribution in [1.82, 2.24) is 9.97 Å². The van der Waals surface area contributed by atoms with Crippen LogP contribution in [0.5, 0.6) is 5.75 Å². The number of rotatable bonds is 4. The van der Waals surface area contributed by atoms with Crippen molar-refractivity contribution in [3.05, 3.63) is 70.3 Å². The Bertz CT molecular complexity index is 1580. The first-order valence-corrected chi connectivity index (χ1v) is 12.9. The Morgan fingerprint density at radius 1 is 1.17 bits per heavy atom. The van der Waals surface area contributed by atoms with E-state index in [-0.39, 0.29) is 12.2 Å². The lowest BCUT2D eigenvalue weighted by atomic mass is 9.81. The summed E-state index contributed by atoms with van der Waals surface area (Å²) in [5.74, 6) is -0.473. The molecule has 2 aromatic carbocycles. The number of hydrogen-bond acceptors (Lipinski definition) is 6. The average molecular weight is 502 g/mol. The molecule has 36 heavy (non-hydrogen) atoms. The molecule has 0 fully saturated rings. The third kappa shape index (κ3) is 3.35. The Hall–Kier alpha value is -3.65. The van der Waals surface area contributed by atoms with E-state index >= 15 is 0 Å². The molecule has 0 saturated carbocycles. The average Bonchev–Trinajstić information content (AvgIpc) is 2.87. The molecular weight excluding hydrogens is 477 g/mol. The van der Waals surface area contributed by atoms with E-state index in [0.717, 1.165) is 73.4 Å². The van der Waals surface area contributed by atoms with Crippen LogP contribution in [0.2, 0.25) is 0 Å². The molecule has 4 heterocycles. The quantitative estimate of drug-likeness (QED) is 0.350. The molecule has 2 aliphatic rings. The summed E-state index contributed by atoms with van der Waals surface area (Å²) in [7, 11) is 0. The van der Waals surface area contributed by atoms with E-state index in [9.17, 15) is 14.3 Å². The van der Waals surface area contributed by atoms with Gasteiger partial charge >= 0.3 is 5.97 Å². The fourth-order valence-corrected chi connectivity index (χ4v) is 6.38. The molecule has 0 atom stereocenters. The van der Waals surface area contributed by atoms with Crippen molar-refractivity contribution in [3.63, 3.8) is 0 Å². The zero-order valence-corrected chi connectivity index (χ0v) is 21.0. The highest BCUT2D eigenvalue weighted by Crippen LogP contribution is 2.51. The molecule has 0 unspecified atom stereocenters. The number of halogens is 1. The molecule has 2 aromatic heterocycles. The van der Waals surface area contributed by atoms with E-state index < -0.39 is 5.97 Å². The number of benzene rings is 2. The lowest BCUT2D eigenvalue weighted by molar-refractivity contribution is -0.136. The van der Waals surface area contributed by atoms with Crippen molar-refractivity contribution >= 4 is 34.5 Å². The predicted molar refractivity (Wildman–Crippen MR) is 140 cm³/mol. The number of fused-ring (bicyclic) bond motifs is 3. The molecule has 0 amide bonds. The van der Waals surface area contributed by atoms with E-state index in [1.54, 1.807) is 0 Å². The minimum absolute atomic E-state index is 0.124. The Labute approximate surface area is 212 Å². The lowest BCUT2D eigenvalue weighted by Crippen LogP contribution is -2.23. The number of carboxylic acids is 1. The molecule has 0 radical (unpaired) electrons. The Kier molecular flexibility index (Phi) is 5.37. The normalized spacial score (nSPS) is 13.8. The van der Waals surface area contributed by atoms with Crippen LogP contribution >= 0.6 is 11.9 Å². The van der Waals surface area contributed by atoms with Crippen molar-refractivity contribution in [2.45, 2.75) is 33.2 Å². The first-order valence-electron chi connectivity index (χ1n) is 11.8. The molecule has 182 valence electrons. The van der Waals surface area contributed by atoms with Gasteiger partial charge in [0.1, 0.15) is 11.6 Å². The van der Waals surface area contributed by atoms with Gasteiger partial charge in [0.05, 0.1) is 42.7 Å². The van der Waals surface area contributed by atoms with Gasteiger partial charge in [0.15, 0.2) is 0 Å². The molecule has 0 bridgehead atoms. The first-order chi connectivity index (χ1) is 17.4. The summed E-state index contributed by atoms with van der Waals surface area (Å²) in [6, 6.07) is 7.49. The number of nitrogens with zero attached hydrogens (tertiary/aromatic N) is 3. The third-order valence-electron chi connectivity index (χ3n) is 7.22. The zero-order chi connectivity index (χ0) is 25.1. The highest BCUT2D eigenvalue weighted by molar-refractivity contribution is 7.99. The van der Waals surface area contributed by atoms with E-state index in [2.05, 4.69) is 9.29 Å². The maximum absolute atomic E-state index is 14.1. The van der Waals surface area contributed by atoms with Gasteiger partial charge in [0.2, 0.25) is 0 Å². The Morgan fingerprint density at radius 3 is 2.78 bits per heavy atom. The van der Waals surface area contributed by atoms with Gasteiger partial charge in [-0.15, -0.1) is 0 Å². The maximum atomic E-state index is 14.1. The minimum atomic E-state index is -0.898. The van der Waals surface area contributed by atoms with E-state index in [1.807, 2.05) is 44.5 Å². The Balaban J connectivity index is 1.74. The van der Waals surface area contributed by atoms with Crippen molar-refractivity contribution in [3.8, 4) is 28.1 Å². The van der Waals surface area contributed by atoms with Crippen molar-refractivity contribution < 1.29 is 19.0 Å². The highest BCUT2D eigenvalue weighted by Gasteiger charge is 2.32. The fourth-order valence-electron chi connectivity index (χ4n) is 5.71. The van der Waals surface area contributed by atoms with Gasteiger partial charge in [-0.05, 0) is 65.9 Å². The number of pyridine rings is 2. The molecule has 8 heteroatoms. The van der Waals surface area contributed by atoms with E-state index in [4.69, 9.17) is 9.72 Å². The largest absolute Gasteiger partial charge is 0.493 e. The molecular formula is C28H24FN3O3S. The van der Waals surface area contributed by atoms with Crippen LogP contribution < -0.4 is 9.04 Å². The van der Waals surface area contributed by atoms with Crippen LogP contribution in [0.15, 0.2) is 36.7 Å². The SMILES string of the molecule is CSN1Cc2cc(F)cnc2-c2c(C)c(-c3ccc4c5c(ccnc35)CCO4)c(CC(=O)O)c(C)c21. The number of carbonyl (C=O) groups is 1. The summed E-state index contributed by atoms with van der Waals surface area (Å²) in [5, 5.41) is 10.9. The van der Waals surface area contributed by atoms with Crippen LogP contribution in [0.4, 0.5) is 10.1 Å². The van der Waals surface area contributed by atoms with Gasteiger partial charge in [-0.2, -0.15) is 0 Å². The van der Waals surface area contributed by atoms with E-state index in [1.165, 1.54) is 29.8 Å². The molecule has 0 saturated heterocycles. The van der Waals surface area contributed by atoms with Gasteiger partial charge in [-0.3, -0.25) is 14.8 Å². The standard InChI is InChI=1S/C28H24FN3O3S/c1-14-20(11-22(33)34)23(19-4-5-21-25-16(7-9-35-21)6-8-30-27(19)25)15(2)24-26-17(10-18(29)12-31-26)13-32(36-3)28(14)24/h4-6,8,10,12H,7,9,11,13H2,1-3H3,(H,33,34). The number of aromatic nitrogens is 2. The molecule has 2 aliphatic heterocycles. The third-order valence-corrected chi connectivity index (χ3v) is 7.97. The number of aliphatic carboxylic acids is 1. The summed E-state index contributed by atoms with van der Waals surface area (Å²) in [6.45, 7) is 5.08. The van der Waals surface area contributed by atoms with E-state index in [0.29, 0.717) is 13.2 Å². The summed E-state index contributed by atoms with van der Waals surface area (Å²) < 4.78 is 22.2. The molecule has 6 rings (SSSR count). The lowest BCUT2D eigenvalue weighted by Gasteiger charge is -2.35. The van der Waals surface area contributed by atoms with Gasteiger partial charge in [0.25, 0.3) is 0 Å². The molecule has 0 spiro atoms. The van der Waals surface area contributed by atoms with Gasteiger partial charge in [-0.25, -0.2) is 4.39 Å². The summed E-state index contributed by atoms with van der Waals surface area (Å²) in [4.78, 5) is 21.3. The zero-order valence-electron chi connectivity index (χ0n) is 20.2. The smallest absolute Gasteiger partial charge is 0.307 e. The van der Waals surface area contributed by atoms with Crippen LogP contribution in [0.3, 0.4) is 0 Å². The first kappa shape index (κ1) is 22.8. The molecule has 6 nitrogen and oxygen atoms in total. The van der Waals surface area contributed by atoms with Crippen LogP contribution in [0.25, 0.3) is 33.3 Å². The highest BCUT2D eigenvalue weighted by atomic mass is 32.2. The Morgan fingerprint density at radius 2 is 2.00 bits per heavy atom. The monoisotopic (exact) mass is 501 g/mol. The van der Waals surface area contributed by atoms with Crippen LogP contribution in [0.1, 0.15) is 27.8 Å². The van der Waals surface area contributed by atoms with Crippen molar-refractivity contribution in [1.29, 1.82) is 0 Å². The minimum Gasteiger partial charge on any atom is -0.493 e. The second-order valence-corrected chi connectivity index (χ2v) is 9.99. The van der Waals surface area contributed by atoms with Gasteiger partial charge < -0.3 is 14.1 Å². The molecule has 4 aromatic rings. The second kappa shape index (κ2) is 8.48. The predicted octanol–water partition coefficient (Wildman–Crippen LogP) is 5.88. The number of carboxylic acid groups (broad SMARTS) is 1. The summed E-state index contributed by atoms with van der Waals surface area (Å²) in [6.07, 6.45) is 5.70. The molecule has 1 N–H and O–H groups in total. The van der Waals surface area contributed by atoms with Crippen molar-refractivity contribution in [2.24, 2.45) is 0 Å². The topological polar surface area (TPSA) is 75.5 Å². The fraction of sp³-hybridized carbons (Fsp3) is 0.250. The van der Waals surface area contributed by atoms with Gasteiger partial charge in [-0.1, -0.05) is 11.9 Å². The maximum Gasteiger partial charge on any atom is 0.307 e. The van der Waals surface area contributed by atoms with Crippen LogP contribution in [-0.4, -0.2) is 33.9 Å². The van der Waals surface area contributed by atoms with Crippen LogP contribution in [0, 0.1) is 19.7 Å². The van der Waals surface area contributed by atoms with Gasteiger partial charge in [0, 0.05) is 41.0 Å². The summed E-state index contributed by atoms with van der Waals surface area (Å²) in [5.41, 5.74) is 9.60. The van der Waals surface area contributed by atoms with Crippen molar-refractivity contribution in [2.75, 3.05) is 17.2 Å². The van der Waals surface area contributed by atoms with Crippen LogP contribution in [-0.2, 0) is 24.2 Å². The number of ether oxygens (including phenoxy) is 1. The summed E-state index contributed by atoms with van der Waals surface area (Å²) >= 11 is 1.53. The molecule has 0 aliphatic carbocycles. The number of hydrogen-bond donors (Lipinski definition) is 1. The number of anilines is 1.